The molecule has 0 fully saturated rings. The summed E-state index contributed by atoms with van der Waals surface area (Å²) >= 11 is 1.30. The average molecular weight is 280 g/mol. The fourth-order valence-corrected chi connectivity index (χ4v) is 2.21. The molecule has 0 saturated heterocycles. The minimum Gasteiger partial charge on any atom is -0.508 e. The number of nitrogens with one attached hydrogen (secondary N) is 1. The zero-order valence-corrected chi connectivity index (χ0v) is 10.6. The Morgan fingerprint density at radius 1 is 1.37 bits per heavy atom. The van der Waals surface area contributed by atoms with Crippen molar-refractivity contribution in [3.05, 3.63) is 34.8 Å². The van der Waals surface area contributed by atoms with E-state index in [9.17, 15) is 9.90 Å². The Kier molecular flexibility index (Phi) is 3.86. The van der Waals surface area contributed by atoms with Crippen molar-refractivity contribution < 1.29 is 20.1 Å². The standard InChI is InChI=1S/C12H12N2O4S/c15-9-2-1-7(10(16)4-9)5-13-12-14-8(6-19-12)3-11(17)18/h1-2,4,6,15-16H,3,5H2,(H,13,14)(H,17,18). The van der Waals surface area contributed by atoms with Gasteiger partial charge in [0.2, 0.25) is 0 Å². The molecule has 0 aliphatic rings. The number of thiazole rings is 1. The maximum Gasteiger partial charge on any atom is 0.309 e. The molecule has 0 aliphatic carbocycles. The maximum absolute atomic E-state index is 10.5. The lowest BCUT2D eigenvalue weighted by Gasteiger charge is -2.05. The predicted molar refractivity (Wildman–Crippen MR) is 70.6 cm³/mol. The molecule has 0 aliphatic heterocycles. The van der Waals surface area contributed by atoms with Gasteiger partial charge in [-0.3, -0.25) is 4.79 Å². The van der Waals surface area contributed by atoms with E-state index >= 15 is 0 Å². The van der Waals surface area contributed by atoms with E-state index in [0.29, 0.717) is 22.9 Å². The number of hydrogen-bond donors (Lipinski definition) is 4. The smallest absolute Gasteiger partial charge is 0.309 e. The third-order valence-corrected chi connectivity index (χ3v) is 3.23. The lowest BCUT2D eigenvalue weighted by molar-refractivity contribution is -0.136. The van der Waals surface area contributed by atoms with Gasteiger partial charge in [0.1, 0.15) is 11.5 Å². The molecular formula is C12H12N2O4S. The molecule has 0 bridgehead atoms. The van der Waals surface area contributed by atoms with E-state index in [1.807, 2.05) is 0 Å². The second-order valence-corrected chi connectivity index (χ2v) is 4.74. The number of hydrogen-bond acceptors (Lipinski definition) is 6. The molecule has 100 valence electrons. The minimum atomic E-state index is -0.923. The van der Waals surface area contributed by atoms with Gasteiger partial charge in [-0.05, 0) is 12.1 Å². The van der Waals surface area contributed by atoms with Gasteiger partial charge in [-0.2, -0.15) is 0 Å². The number of carbonyl (C=O) groups is 1. The first-order valence-electron chi connectivity index (χ1n) is 5.45. The van der Waals surface area contributed by atoms with E-state index in [4.69, 9.17) is 10.2 Å². The Hall–Kier alpha value is -2.28. The van der Waals surface area contributed by atoms with Crippen LogP contribution >= 0.6 is 11.3 Å². The van der Waals surface area contributed by atoms with Crippen LogP contribution in [0.3, 0.4) is 0 Å². The molecule has 0 saturated carbocycles. The topological polar surface area (TPSA) is 103 Å². The number of phenols is 2. The number of nitrogens with zero attached hydrogens (tertiary/aromatic N) is 1. The third-order valence-electron chi connectivity index (χ3n) is 2.38. The van der Waals surface area contributed by atoms with E-state index in [1.54, 1.807) is 11.4 Å². The van der Waals surface area contributed by atoms with Crippen LogP contribution in [-0.2, 0) is 17.8 Å². The fraction of sp³-hybridized carbons (Fsp3) is 0.167. The molecule has 0 amide bonds. The van der Waals surface area contributed by atoms with E-state index in [2.05, 4.69) is 10.3 Å². The highest BCUT2D eigenvalue weighted by molar-refractivity contribution is 7.13. The molecule has 2 rings (SSSR count). The predicted octanol–water partition coefficient (Wildman–Crippen LogP) is 1.79. The number of aromatic hydroxyl groups is 2. The summed E-state index contributed by atoms with van der Waals surface area (Å²) in [6.07, 6.45) is -0.108. The molecular weight excluding hydrogens is 268 g/mol. The first-order chi connectivity index (χ1) is 9.04. The average Bonchev–Trinajstić information content (AvgIpc) is 2.74. The van der Waals surface area contributed by atoms with Crippen LogP contribution in [0.5, 0.6) is 11.5 Å². The second-order valence-electron chi connectivity index (χ2n) is 3.88. The molecule has 0 radical (unpaired) electrons. The van der Waals surface area contributed by atoms with Gasteiger partial charge >= 0.3 is 5.97 Å². The summed E-state index contributed by atoms with van der Waals surface area (Å²) in [7, 11) is 0. The summed E-state index contributed by atoms with van der Waals surface area (Å²) in [5.41, 5.74) is 1.11. The molecule has 2 aromatic rings. The molecule has 1 aromatic heterocycles. The lowest BCUT2D eigenvalue weighted by atomic mass is 10.2. The third kappa shape index (κ3) is 3.59. The largest absolute Gasteiger partial charge is 0.508 e. The van der Waals surface area contributed by atoms with E-state index in [0.717, 1.165) is 0 Å². The monoisotopic (exact) mass is 280 g/mol. The number of carboxylic acid groups (broad SMARTS) is 1. The second kappa shape index (κ2) is 5.57. The Labute approximate surface area is 113 Å². The van der Waals surface area contributed by atoms with Gasteiger partial charge in [0.25, 0.3) is 0 Å². The SMILES string of the molecule is O=C(O)Cc1csc(NCc2ccc(O)cc2O)n1. The van der Waals surface area contributed by atoms with Gasteiger partial charge in [0.05, 0.1) is 12.1 Å². The van der Waals surface area contributed by atoms with E-state index in [1.165, 1.54) is 23.5 Å². The molecule has 1 heterocycles. The van der Waals surface area contributed by atoms with Crippen molar-refractivity contribution in [3.63, 3.8) is 0 Å². The minimum absolute atomic E-state index is 0.000701. The highest BCUT2D eigenvalue weighted by Crippen LogP contribution is 2.24. The maximum atomic E-state index is 10.5. The highest BCUT2D eigenvalue weighted by Gasteiger charge is 2.07. The van der Waals surface area contributed by atoms with Crippen LogP contribution in [0.25, 0.3) is 0 Å². The van der Waals surface area contributed by atoms with Gasteiger partial charge in [0.15, 0.2) is 5.13 Å². The van der Waals surface area contributed by atoms with Gasteiger partial charge in [0, 0.05) is 23.6 Å². The Morgan fingerprint density at radius 2 is 2.16 bits per heavy atom. The van der Waals surface area contributed by atoms with Gasteiger partial charge < -0.3 is 20.6 Å². The van der Waals surface area contributed by atoms with Crippen molar-refractivity contribution in [2.75, 3.05) is 5.32 Å². The molecule has 1 aromatic carbocycles. The van der Waals surface area contributed by atoms with Crippen LogP contribution in [-0.4, -0.2) is 26.3 Å². The fourth-order valence-electron chi connectivity index (χ4n) is 1.50. The Bertz CT molecular complexity index is 597. The summed E-state index contributed by atoms with van der Waals surface area (Å²) in [5, 5.41) is 32.6. The van der Waals surface area contributed by atoms with Crippen molar-refractivity contribution in [2.24, 2.45) is 0 Å². The van der Waals surface area contributed by atoms with Crippen LogP contribution in [0.15, 0.2) is 23.6 Å². The number of carboxylic acids is 1. The number of benzene rings is 1. The molecule has 4 N–H and O–H groups in total. The first-order valence-corrected chi connectivity index (χ1v) is 6.33. The van der Waals surface area contributed by atoms with Crippen molar-refractivity contribution in [3.8, 4) is 11.5 Å². The van der Waals surface area contributed by atoms with Crippen molar-refractivity contribution in [1.82, 2.24) is 4.98 Å². The number of aliphatic carboxylic acids is 1. The molecule has 7 heteroatoms. The number of rotatable bonds is 5. The highest BCUT2D eigenvalue weighted by atomic mass is 32.1. The van der Waals surface area contributed by atoms with E-state index in [-0.39, 0.29) is 17.9 Å². The van der Waals surface area contributed by atoms with Gasteiger partial charge in [-0.15, -0.1) is 11.3 Å². The molecule has 6 nitrogen and oxygen atoms in total. The van der Waals surface area contributed by atoms with Crippen LogP contribution in [0, 0.1) is 0 Å². The van der Waals surface area contributed by atoms with Crippen LogP contribution in [0.2, 0.25) is 0 Å². The summed E-state index contributed by atoms with van der Waals surface area (Å²) in [6, 6.07) is 4.34. The number of aromatic nitrogens is 1. The quantitative estimate of drug-likeness (QED) is 0.666. The molecule has 0 spiro atoms. The van der Waals surface area contributed by atoms with Crippen molar-refractivity contribution in [2.45, 2.75) is 13.0 Å². The zero-order chi connectivity index (χ0) is 13.8. The summed E-state index contributed by atoms with van der Waals surface area (Å²) < 4.78 is 0. The summed E-state index contributed by atoms with van der Waals surface area (Å²) in [4.78, 5) is 14.6. The normalized spacial score (nSPS) is 10.3. The molecule has 19 heavy (non-hydrogen) atoms. The van der Waals surface area contributed by atoms with E-state index < -0.39 is 5.97 Å². The van der Waals surface area contributed by atoms with Gasteiger partial charge in [-0.1, -0.05) is 0 Å². The zero-order valence-electron chi connectivity index (χ0n) is 9.83. The first kappa shape index (κ1) is 13.2. The molecule has 0 atom stereocenters. The van der Waals surface area contributed by atoms with Crippen LogP contribution < -0.4 is 5.32 Å². The number of phenolic OH excluding ortho intramolecular Hbond substituents is 2. The lowest BCUT2D eigenvalue weighted by Crippen LogP contribution is -2.02. The van der Waals surface area contributed by atoms with Gasteiger partial charge in [-0.25, -0.2) is 4.98 Å². The summed E-state index contributed by atoms with van der Waals surface area (Å²) in [5.74, 6) is -0.929. The Balaban J connectivity index is 1.98. The molecule has 0 unspecified atom stereocenters. The summed E-state index contributed by atoms with van der Waals surface area (Å²) in [6.45, 7) is 0.339. The van der Waals surface area contributed by atoms with Crippen molar-refractivity contribution in [1.29, 1.82) is 0 Å². The van der Waals surface area contributed by atoms with Crippen molar-refractivity contribution >= 4 is 22.4 Å². The Morgan fingerprint density at radius 3 is 2.84 bits per heavy atom. The van der Waals surface area contributed by atoms with Crippen LogP contribution in [0.4, 0.5) is 5.13 Å². The number of anilines is 1. The van der Waals surface area contributed by atoms with Crippen LogP contribution in [0.1, 0.15) is 11.3 Å².